The number of hydrogen-bond donors (Lipinski definition) is 1. The van der Waals surface area contributed by atoms with E-state index in [0.717, 1.165) is 11.6 Å². The van der Waals surface area contributed by atoms with Gasteiger partial charge in [-0.25, -0.2) is 4.98 Å². The highest BCUT2D eigenvalue weighted by Gasteiger charge is 2.35. The molecule has 0 aliphatic heterocycles. The van der Waals surface area contributed by atoms with Crippen molar-refractivity contribution in [3.05, 3.63) is 46.5 Å². The van der Waals surface area contributed by atoms with Crippen molar-refractivity contribution in [2.24, 2.45) is 5.92 Å². The van der Waals surface area contributed by atoms with Gasteiger partial charge in [-0.05, 0) is 30.9 Å². The van der Waals surface area contributed by atoms with Gasteiger partial charge in [-0.1, -0.05) is 19.4 Å². The Bertz CT molecular complexity index is 635. The maximum Gasteiger partial charge on any atom is 0.258 e. The molecule has 0 bridgehead atoms. The zero-order valence-corrected chi connectivity index (χ0v) is 11.2. The van der Waals surface area contributed by atoms with Crippen LogP contribution in [0.15, 0.2) is 35.3 Å². The molecule has 4 heteroatoms. The minimum Gasteiger partial charge on any atom is -0.308 e. The lowest BCUT2D eigenvalue weighted by Crippen LogP contribution is -2.22. The van der Waals surface area contributed by atoms with E-state index in [1.165, 1.54) is 19.3 Å². The Morgan fingerprint density at radius 2 is 2.37 bits per heavy atom. The van der Waals surface area contributed by atoms with E-state index in [0.29, 0.717) is 18.2 Å². The quantitative estimate of drug-likeness (QED) is 0.891. The van der Waals surface area contributed by atoms with E-state index in [4.69, 9.17) is 0 Å². The van der Waals surface area contributed by atoms with Gasteiger partial charge in [0.25, 0.3) is 5.56 Å². The summed E-state index contributed by atoms with van der Waals surface area (Å²) in [6, 6.07) is 7.85. The smallest absolute Gasteiger partial charge is 0.258 e. The van der Waals surface area contributed by atoms with E-state index in [2.05, 4.69) is 17.2 Å². The summed E-state index contributed by atoms with van der Waals surface area (Å²) >= 11 is 0. The fraction of sp³-hybridized carbons (Fsp3) is 0.467. The predicted molar refractivity (Wildman–Crippen MR) is 75.1 cm³/mol. The number of fused-ring (bicyclic) bond motifs is 1. The third-order valence-electron chi connectivity index (χ3n) is 3.75. The average molecular weight is 257 g/mol. The van der Waals surface area contributed by atoms with E-state index in [-0.39, 0.29) is 5.56 Å². The van der Waals surface area contributed by atoms with Gasteiger partial charge in [-0.2, -0.15) is 0 Å². The number of nitrogens with one attached hydrogen (secondary N) is 1. The maximum absolute atomic E-state index is 11.9. The second-order valence-corrected chi connectivity index (χ2v) is 5.29. The van der Waals surface area contributed by atoms with Gasteiger partial charge < -0.3 is 5.32 Å². The van der Waals surface area contributed by atoms with Gasteiger partial charge in [0.05, 0.1) is 5.69 Å². The second kappa shape index (κ2) is 5.13. The SMILES string of the molecule is CCCC1CC1NCc1cc(=O)n2ccccc2n1. The van der Waals surface area contributed by atoms with Gasteiger partial charge >= 0.3 is 0 Å². The number of rotatable bonds is 5. The largest absolute Gasteiger partial charge is 0.308 e. The molecule has 2 aromatic rings. The molecule has 0 spiro atoms. The highest BCUT2D eigenvalue weighted by molar-refractivity contribution is 5.37. The summed E-state index contributed by atoms with van der Waals surface area (Å²) in [5.74, 6) is 0.826. The second-order valence-electron chi connectivity index (χ2n) is 5.29. The Balaban J connectivity index is 1.70. The molecular formula is C15H19N3O. The molecule has 2 atom stereocenters. The van der Waals surface area contributed by atoms with Crippen molar-refractivity contribution in [3.8, 4) is 0 Å². The first-order valence-electron chi connectivity index (χ1n) is 6.98. The van der Waals surface area contributed by atoms with Crippen LogP contribution < -0.4 is 10.9 Å². The molecule has 1 N–H and O–H groups in total. The van der Waals surface area contributed by atoms with Crippen molar-refractivity contribution < 1.29 is 0 Å². The van der Waals surface area contributed by atoms with Crippen molar-refractivity contribution in [2.45, 2.75) is 38.8 Å². The number of aromatic nitrogens is 2. The zero-order valence-electron chi connectivity index (χ0n) is 11.2. The normalized spacial score (nSPS) is 21.7. The Kier molecular flexibility index (Phi) is 3.34. The van der Waals surface area contributed by atoms with Crippen molar-refractivity contribution in [1.29, 1.82) is 0 Å². The molecule has 2 heterocycles. The third-order valence-corrected chi connectivity index (χ3v) is 3.75. The molecule has 4 nitrogen and oxygen atoms in total. The van der Waals surface area contributed by atoms with E-state index < -0.39 is 0 Å². The van der Waals surface area contributed by atoms with Crippen LogP contribution in [0.5, 0.6) is 0 Å². The first-order chi connectivity index (χ1) is 9.28. The number of hydrogen-bond acceptors (Lipinski definition) is 3. The molecular weight excluding hydrogens is 238 g/mol. The van der Waals surface area contributed by atoms with Crippen LogP contribution in [-0.4, -0.2) is 15.4 Å². The van der Waals surface area contributed by atoms with E-state index in [1.807, 2.05) is 18.2 Å². The van der Waals surface area contributed by atoms with Gasteiger partial charge in [-0.15, -0.1) is 0 Å². The van der Waals surface area contributed by atoms with Crippen LogP contribution in [0.25, 0.3) is 5.65 Å². The zero-order chi connectivity index (χ0) is 13.2. The Hall–Kier alpha value is -1.68. The summed E-state index contributed by atoms with van der Waals surface area (Å²) in [5, 5.41) is 3.49. The molecule has 0 amide bonds. The maximum atomic E-state index is 11.9. The van der Waals surface area contributed by atoms with Gasteiger partial charge in [-0.3, -0.25) is 9.20 Å². The molecule has 1 fully saturated rings. The molecule has 0 radical (unpaired) electrons. The first-order valence-corrected chi connectivity index (χ1v) is 6.98. The minimum atomic E-state index is -0.0108. The molecule has 1 saturated carbocycles. The summed E-state index contributed by atoms with van der Waals surface area (Å²) < 4.78 is 1.57. The molecule has 1 aliphatic rings. The average Bonchev–Trinajstić information content (AvgIpc) is 3.15. The van der Waals surface area contributed by atoms with Crippen LogP contribution >= 0.6 is 0 Å². The van der Waals surface area contributed by atoms with Crippen LogP contribution in [0.4, 0.5) is 0 Å². The van der Waals surface area contributed by atoms with Crippen LogP contribution in [0.2, 0.25) is 0 Å². The fourth-order valence-corrected chi connectivity index (χ4v) is 2.62. The van der Waals surface area contributed by atoms with Gasteiger partial charge in [0.1, 0.15) is 5.65 Å². The van der Waals surface area contributed by atoms with Gasteiger partial charge in [0, 0.05) is 24.8 Å². The van der Waals surface area contributed by atoms with Gasteiger partial charge in [0.2, 0.25) is 0 Å². The summed E-state index contributed by atoms with van der Waals surface area (Å²) in [6.45, 7) is 2.91. The lowest BCUT2D eigenvalue weighted by Gasteiger charge is -2.05. The van der Waals surface area contributed by atoms with Crippen molar-refractivity contribution in [3.63, 3.8) is 0 Å². The van der Waals surface area contributed by atoms with Crippen LogP contribution in [0.1, 0.15) is 31.9 Å². The van der Waals surface area contributed by atoms with Crippen molar-refractivity contribution >= 4 is 5.65 Å². The molecule has 1 aliphatic carbocycles. The van der Waals surface area contributed by atoms with E-state index >= 15 is 0 Å². The number of nitrogens with zero attached hydrogens (tertiary/aromatic N) is 2. The highest BCUT2D eigenvalue weighted by atomic mass is 16.1. The first kappa shape index (κ1) is 12.4. The molecule has 2 aromatic heterocycles. The minimum absolute atomic E-state index is 0.0108. The fourth-order valence-electron chi connectivity index (χ4n) is 2.62. The molecule has 2 unspecified atom stereocenters. The summed E-state index contributed by atoms with van der Waals surface area (Å²) in [5.41, 5.74) is 1.54. The third kappa shape index (κ3) is 2.68. The molecule has 100 valence electrons. The molecule has 19 heavy (non-hydrogen) atoms. The molecule has 0 aromatic carbocycles. The summed E-state index contributed by atoms with van der Waals surface area (Å²) in [6.07, 6.45) is 5.56. The molecule has 0 saturated heterocycles. The molecule has 3 rings (SSSR count). The highest BCUT2D eigenvalue weighted by Crippen LogP contribution is 2.34. The topological polar surface area (TPSA) is 46.4 Å². The van der Waals surface area contributed by atoms with Crippen molar-refractivity contribution in [1.82, 2.24) is 14.7 Å². The Morgan fingerprint density at radius 3 is 3.21 bits per heavy atom. The van der Waals surface area contributed by atoms with Crippen LogP contribution in [0.3, 0.4) is 0 Å². The Morgan fingerprint density at radius 1 is 1.47 bits per heavy atom. The standard InChI is InChI=1S/C15H19N3O/c1-2-5-11-8-13(11)16-10-12-9-15(19)18-7-4-3-6-14(18)17-12/h3-4,6-7,9,11,13,16H,2,5,8,10H2,1H3. The van der Waals surface area contributed by atoms with Crippen molar-refractivity contribution in [2.75, 3.05) is 0 Å². The van der Waals surface area contributed by atoms with Gasteiger partial charge in [0.15, 0.2) is 0 Å². The summed E-state index contributed by atoms with van der Waals surface area (Å²) in [4.78, 5) is 16.4. The number of pyridine rings is 1. The van der Waals surface area contributed by atoms with E-state index in [9.17, 15) is 4.79 Å². The summed E-state index contributed by atoms with van der Waals surface area (Å²) in [7, 11) is 0. The van der Waals surface area contributed by atoms with Crippen LogP contribution in [0, 0.1) is 5.92 Å². The Labute approximate surface area is 112 Å². The monoisotopic (exact) mass is 257 g/mol. The lowest BCUT2D eigenvalue weighted by molar-refractivity contribution is 0.593. The van der Waals surface area contributed by atoms with Crippen LogP contribution in [-0.2, 0) is 6.54 Å². The van der Waals surface area contributed by atoms with E-state index in [1.54, 1.807) is 16.7 Å². The lowest BCUT2D eigenvalue weighted by atomic mass is 10.2. The predicted octanol–water partition coefficient (Wildman–Crippen LogP) is 1.97.